The lowest BCUT2D eigenvalue weighted by molar-refractivity contribution is -0.115. The van der Waals surface area contributed by atoms with Gasteiger partial charge < -0.3 is 15.0 Å². The molecule has 0 radical (unpaired) electrons. The fourth-order valence-corrected chi connectivity index (χ4v) is 7.68. The molecule has 2 N–H and O–H groups in total. The second-order valence-electron chi connectivity index (χ2n) is 13.6. The first-order valence-corrected chi connectivity index (χ1v) is 19.1. The van der Waals surface area contributed by atoms with Crippen LogP contribution in [-0.2, 0) is 16.1 Å². The molecule has 9 nitrogen and oxygen atoms in total. The summed E-state index contributed by atoms with van der Waals surface area (Å²) in [6.45, 7) is 1.03. The van der Waals surface area contributed by atoms with Crippen LogP contribution in [0.3, 0.4) is 0 Å². The molecule has 0 spiro atoms. The molecule has 2 atom stereocenters. The molecule has 4 amide bonds. The van der Waals surface area contributed by atoms with Crippen molar-refractivity contribution in [3.05, 3.63) is 171 Å². The van der Waals surface area contributed by atoms with Crippen LogP contribution in [0.2, 0.25) is 0 Å². The van der Waals surface area contributed by atoms with Crippen molar-refractivity contribution in [1.29, 1.82) is 0 Å². The number of hydrogen-bond donors (Lipinski definition) is 2. The summed E-state index contributed by atoms with van der Waals surface area (Å²) in [5.74, 6) is -1.84. The van der Waals surface area contributed by atoms with Crippen LogP contribution in [-0.4, -0.2) is 58.9 Å². The van der Waals surface area contributed by atoms with Crippen LogP contribution in [0.25, 0.3) is 17.2 Å². The average molecular weight is 768 g/mol. The van der Waals surface area contributed by atoms with Gasteiger partial charge in [0, 0.05) is 35.8 Å². The molecule has 2 fully saturated rings. The van der Waals surface area contributed by atoms with Crippen molar-refractivity contribution in [2.75, 3.05) is 13.1 Å². The van der Waals surface area contributed by atoms with Crippen molar-refractivity contribution in [3.8, 4) is 11.1 Å². The molecule has 2 aliphatic rings. The number of thioether (sulfide) groups is 1. The smallest absolute Gasteiger partial charge is 0.290 e. The van der Waals surface area contributed by atoms with Crippen molar-refractivity contribution >= 4 is 46.6 Å². The lowest BCUT2D eigenvalue weighted by atomic mass is 9.97. The van der Waals surface area contributed by atoms with Crippen LogP contribution in [0.4, 0.5) is 9.18 Å². The number of rotatable bonds is 13. The Balaban J connectivity index is 1.03. The van der Waals surface area contributed by atoms with E-state index >= 15 is 0 Å². The normalized spacial score (nSPS) is 17.2. The Hall–Kier alpha value is -6.17. The number of ether oxygens (including phenoxy) is 1. The van der Waals surface area contributed by atoms with Gasteiger partial charge in [0.15, 0.2) is 5.78 Å². The highest BCUT2D eigenvalue weighted by Crippen LogP contribution is 2.30. The van der Waals surface area contributed by atoms with Crippen LogP contribution in [0, 0.1) is 5.82 Å². The van der Waals surface area contributed by atoms with Crippen LogP contribution < -0.4 is 10.6 Å². The minimum Gasteiger partial charge on any atom is -0.372 e. The topological polar surface area (TPSA) is 122 Å². The number of likely N-dealkylation sites (tertiary alicyclic amines) is 1. The molecule has 11 heteroatoms. The molecule has 2 saturated heterocycles. The molecule has 56 heavy (non-hydrogen) atoms. The molecule has 0 unspecified atom stereocenters. The van der Waals surface area contributed by atoms with Gasteiger partial charge in [-0.2, -0.15) is 0 Å². The van der Waals surface area contributed by atoms with Gasteiger partial charge in [0.05, 0.1) is 23.2 Å². The maximum atomic E-state index is 14.4. The van der Waals surface area contributed by atoms with Gasteiger partial charge in [-0.1, -0.05) is 84.9 Å². The number of ketones is 1. The average Bonchev–Trinajstić information content (AvgIpc) is 3.79. The largest absolute Gasteiger partial charge is 0.372 e. The number of carbonyl (C=O) groups is 5. The van der Waals surface area contributed by atoms with E-state index in [1.165, 1.54) is 24.3 Å². The van der Waals surface area contributed by atoms with Gasteiger partial charge in [0.1, 0.15) is 5.82 Å². The number of benzene rings is 5. The monoisotopic (exact) mass is 767 g/mol. The summed E-state index contributed by atoms with van der Waals surface area (Å²) in [6.07, 6.45) is 3.04. The molecular formula is C45H38FN3O6S. The summed E-state index contributed by atoms with van der Waals surface area (Å²) in [7, 11) is 0. The zero-order chi connectivity index (χ0) is 39.0. The highest BCUT2D eigenvalue weighted by Gasteiger charge is 2.37. The van der Waals surface area contributed by atoms with Crippen LogP contribution >= 0.6 is 11.8 Å². The number of nitrogens with zero attached hydrogens (tertiary/aromatic N) is 1. The summed E-state index contributed by atoms with van der Waals surface area (Å²) in [6, 6.07) is 36.6. The Kier molecular flexibility index (Phi) is 11.9. The number of hydrogen-bond acceptors (Lipinski definition) is 7. The number of halogens is 1. The van der Waals surface area contributed by atoms with Crippen molar-refractivity contribution in [1.82, 2.24) is 15.5 Å². The second-order valence-corrected chi connectivity index (χ2v) is 14.6. The van der Waals surface area contributed by atoms with Gasteiger partial charge >= 0.3 is 0 Å². The van der Waals surface area contributed by atoms with E-state index in [-0.39, 0.29) is 46.4 Å². The van der Waals surface area contributed by atoms with Gasteiger partial charge in [0.2, 0.25) is 0 Å². The van der Waals surface area contributed by atoms with Gasteiger partial charge in [-0.15, -0.1) is 0 Å². The van der Waals surface area contributed by atoms with Crippen LogP contribution in [0.1, 0.15) is 67.0 Å². The summed E-state index contributed by atoms with van der Waals surface area (Å²) < 4.78 is 20.2. The summed E-state index contributed by atoms with van der Waals surface area (Å²) in [5, 5.41) is 4.76. The van der Waals surface area contributed by atoms with Gasteiger partial charge in [-0.25, -0.2) is 4.39 Å². The molecule has 2 heterocycles. The number of carbonyl (C=O) groups excluding carboxylic acids is 5. The third-order valence-electron chi connectivity index (χ3n) is 9.83. The predicted molar refractivity (Wildman–Crippen MR) is 213 cm³/mol. The Morgan fingerprint density at radius 3 is 2.23 bits per heavy atom. The standard InChI is InChI=1S/C45H38FN3O6S/c46-34-22-20-31(21-23-34)41(50)38-14-6-7-15-39(38)44(53)49-27-36(55-28-33-11-4-5-13-37(33)30-9-2-1-3-10-30)26-35(49)12-8-24-47-42(51)32-18-16-29(17-19-32)25-40-43(52)48-45(54)56-40/h1-7,9-11,13-23,25,35-36H,8,12,24,26-28H2,(H,47,51)(H,48,52,54)/b40-25-/t35-,36-/m1/s1. The minimum absolute atomic E-state index is 0.229. The maximum absolute atomic E-state index is 14.4. The van der Waals surface area contributed by atoms with Crippen LogP contribution in [0.5, 0.6) is 0 Å². The molecule has 5 aromatic carbocycles. The quantitative estimate of drug-likeness (QED) is 0.0707. The zero-order valence-electron chi connectivity index (χ0n) is 30.3. The fourth-order valence-electron chi connectivity index (χ4n) is 6.99. The first kappa shape index (κ1) is 38.1. The molecular weight excluding hydrogens is 730 g/mol. The maximum Gasteiger partial charge on any atom is 0.290 e. The van der Waals surface area contributed by atoms with E-state index in [4.69, 9.17) is 4.74 Å². The Morgan fingerprint density at radius 1 is 0.821 bits per heavy atom. The molecule has 0 aromatic heterocycles. The van der Waals surface area contributed by atoms with Crippen molar-refractivity contribution in [3.63, 3.8) is 0 Å². The summed E-state index contributed by atoms with van der Waals surface area (Å²) >= 11 is 0.829. The number of nitrogens with one attached hydrogen (secondary N) is 2. The zero-order valence-corrected chi connectivity index (χ0v) is 31.1. The number of amides is 4. The first-order chi connectivity index (χ1) is 27.2. The van der Waals surface area contributed by atoms with E-state index in [9.17, 15) is 28.4 Å². The van der Waals surface area contributed by atoms with Gasteiger partial charge in [-0.05, 0) is 102 Å². The van der Waals surface area contributed by atoms with E-state index in [2.05, 4.69) is 28.8 Å². The number of imide groups is 1. The SMILES string of the molecule is O=C1NC(=O)/C(=C/c2ccc(C(=O)NCCC[C@@H]3C[C@@H](OCc4ccccc4-c4ccccc4)CN3C(=O)c3ccccc3C(=O)c3ccc(F)cc3)cc2)S1. The summed E-state index contributed by atoms with van der Waals surface area (Å²) in [5.41, 5.74) is 5.08. The third kappa shape index (κ3) is 9.02. The minimum atomic E-state index is -0.458. The van der Waals surface area contributed by atoms with Crippen LogP contribution in [0.15, 0.2) is 132 Å². The van der Waals surface area contributed by atoms with Gasteiger partial charge in [0.25, 0.3) is 23.0 Å². The van der Waals surface area contributed by atoms with Crippen molar-refractivity contribution in [2.45, 2.75) is 38.0 Å². The molecule has 282 valence electrons. The van der Waals surface area contributed by atoms with E-state index < -0.39 is 17.0 Å². The van der Waals surface area contributed by atoms with E-state index in [0.717, 1.165) is 28.5 Å². The lowest BCUT2D eigenvalue weighted by Gasteiger charge is -2.25. The van der Waals surface area contributed by atoms with Gasteiger partial charge in [-0.3, -0.25) is 29.3 Å². The third-order valence-corrected chi connectivity index (χ3v) is 10.6. The Bertz CT molecular complexity index is 2300. The molecule has 0 aliphatic carbocycles. The summed E-state index contributed by atoms with van der Waals surface area (Å²) in [4.78, 5) is 66.4. The molecule has 0 bridgehead atoms. The van der Waals surface area contributed by atoms with E-state index in [1.54, 1.807) is 59.5 Å². The molecule has 5 aromatic rings. The Labute approximate surface area is 328 Å². The molecule has 2 aliphatic heterocycles. The fraction of sp³-hybridized carbons (Fsp3) is 0.178. The second kappa shape index (κ2) is 17.5. The lowest BCUT2D eigenvalue weighted by Crippen LogP contribution is -2.37. The van der Waals surface area contributed by atoms with Crippen molar-refractivity contribution < 1.29 is 33.1 Å². The Morgan fingerprint density at radius 2 is 1.50 bits per heavy atom. The van der Waals surface area contributed by atoms with E-state index in [0.29, 0.717) is 55.0 Å². The predicted octanol–water partition coefficient (Wildman–Crippen LogP) is 8.06. The molecule has 0 saturated carbocycles. The molecule has 7 rings (SSSR count). The first-order valence-electron chi connectivity index (χ1n) is 18.3. The van der Waals surface area contributed by atoms with Crippen molar-refractivity contribution in [2.24, 2.45) is 0 Å². The van der Waals surface area contributed by atoms with E-state index in [1.807, 2.05) is 36.4 Å². The highest BCUT2D eigenvalue weighted by atomic mass is 32.2. The highest BCUT2D eigenvalue weighted by molar-refractivity contribution is 8.18.